The second kappa shape index (κ2) is 5.06. The Labute approximate surface area is 118 Å². The van der Waals surface area contributed by atoms with E-state index in [0.29, 0.717) is 16.6 Å². The number of aromatic nitrogens is 5. The van der Waals surface area contributed by atoms with E-state index in [1.165, 1.54) is 27.7 Å². The fraction of sp³-hybridized carbons (Fsp3) is 0.231. The molecule has 108 valence electrons. The van der Waals surface area contributed by atoms with E-state index in [9.17, 15) is 9.18 Å². The van der Waals surface area contributed by atoms with Gasteiger partial charge >= 0.3 is 0 Å². The molecule has 2 aromatic heterocycles. The third-order valence-corrected chi connectivity index (χ3v) is 3.33. The molecule has 0 amide bonds. The summed E-state index contributed by atoms with van der Waals surface area (Å²) in [6, 6.07) is 4.28. The maximum Gasteiger partial charge on any atom is 0.281 e. The Morgan fingerprint density at radius 3 is 2.90 bits per heavy atom. The zero-order chi connectivity index (χ0) is 15.0. The zero-order valence-corrected chi connectivity index (χ0v) is 11.3. The van der Waals surface area contributed by atoms with Gasteiger partial charge in [-0.3, -0.25) is 4.79 Å². The van der Waals surface area contributed by atoms with Crippen LogP contribution < -0.4 is 11.3 Å². The molecule has 0 saturated carbocycles. The molecule has 0 fully saturated rings. The normalized spacial score (nSPS) is 11.2. The highest BCUT2D eigenvalue weighted by Gasteiger charge is 2.11. The van der Waals surface area contributed by atoms with Crippen LogP contribution in [0.15, 0.2) is 29.2 Å². The number of benzene rings is 1. The van der Waals surface area contributed by atoms with Crippen molar-refractivity contribution < 1.29 is 4.39 Å². The highest BCUT2D eigenvalue weighted by molar-refractivity contribution is 5.72. The summed E-state index contributed by atoms with van der Waals surface area (Å²) in [6.45, 7) is 0.369. The van der Waals surface area contributed by atoms with Crippen LogP contribution in [-0.2, 0) is 20.1 Å². The number of hydrogen-bond acceptors (Lipinski definition) is 5. The molecule has 0 aliphatic heterocycles. The van der Waals surface area contributed by atoms with Gasteiger partial charge in [0.2, 0.25) is 0 Å². The number of nitrogens with two attached hydrogens (primary N) is 1. The summed E-state index contributed by atoms with van der Waals surface area (Å²) < 4.78 is 15.9. The Morgan fingerprint density at radius 2 is 2.14 bits per heavy atom. The molecule has 3 rings (SSSR count). The zero-order valence-electron chi connectivity index (χ0n) is 11.3. The summed E-state index contributed by atoms with van der Waals surface area (Å²) in [6.07, 6.45) is 1.46. The van der Waals surface area contributed by atoms with Gasteiger partial charge in [0.25, 0.3) is 5.56 Å². The van der Waals surface area contributed by atoms with Gasteiger partial charge in [-0.05, 0) is 23.3 Å². The number of halogens is 1. The van der Waals surface area contributed by atoms with E-state index in [4.69, 9.17) is 5.73 Å². The molecule has 0 atom stereocenters. The molecule has 8 heteroatoms. The molecule has 0 aliphatic carbocycles. The average molecular weight is 288 g/mol. The van der Waals surface area contributed by atoms with Gasteiger partial charge in [0.1, 0.15) is 11.2 Å². The van der Waals surface area contributed by atoms with Gasteiger partial charge in [0.15, 0.2) is 5.65 Å². The van der Waals surface area contributed by atoms with E-state index >= 15 is 0 Å². The largest absolute Gasteiger partial charge is 0.326 e. The van der Waals surface area contributed by atoms with Crippen molar-refractivity contribution in [3.8, 4) is 0 Å². The standard InChI is InChI=1S/C13H13FN6O/c1-19-12-11(6-16-19)13(21)20(18-17-12)7-8-2-3-10(14)4-9(8)5-15/h2-4,6H,5,7,15H2,1H3. The lowest BCUT2D eigenvalue weighted by Crippen LogP contribution is -2.25. The van der Waals surface area contributed by atoms with E-state index in [-0.39, 0.29) is 24.5 Å². The van der Waals surface area contributed by atoms with E-state index in [2.05, 4.69) is 15.4 Å². The Hall–Kier alpha value is -2.61. The van der Waals surface area contributed by atoms with Gasteiger partial charge in [-0.1, -0.05) is 11.3 Å². The number of rotatable bonds is 3. The Bertz CT molecular complexity index is 869. The summed E-state index contributed by atoms with van der Waals surface area (Å²) in [7, 11) is 1.69. The lowest BCUT2D eigenvalue weighted by atomic mass is 10.1. The van der Waals surface area contributed by atoms with Gasteiger partial charge in [-0.2, -0.15) is 5.10 Å². The minimum atomic E-state index is -0.361. The van der Waals surface area contributed by atoms with E-state index in [0.717, 1.165) is 5.56 Å². The molecule has 3 aromatic rings. The highest BCUT2D eigenvalue weighted by atomic mass is 19.1. The first-order valence-corrected chi connectivity index (χ1v) is 6.33. The fourth-order valence-corrected chi connectivity index (χ4v) is 2.18. The van der Waals surface area contributed by atoms with Crippen LogP contribution in [0.4, 0.5) is 4.39 Å². The summed E-state index contributed by atoms with van der Waals surface area (Å²) in [4.78, 5) is 12.3. The molecule has 1 aromatic carbocycles. The predicted octanol–water partition coefficient (Wildman–Crippen LogP) is 0.171. The van der Waals surface area contributed by atoms with Crippen LogP contribution in [0.25, 0.3) is 11.0 Å². The van der Waals surface area contributed by atoms with Gasteiger partial charge in [-0.15, -0.1) is 5.10 Å². The van der Waals surface area contributed by atoms with E-state index in [1.54, 1.807) is 13.1 Å². The van der Waals surface area contributed by atoms with Gasteiger partial charge in [-0.25, -0.2) is 13.8 Å². The van der Waals surface area contributed by atoms with Gasteiger partial charge in [0.05, 0.1) is 12.7 Å². The quantitative estimate of drug-likeness (QED) is 0.742. The molecular formula is C13H13FN6O. The van der Waals surface area contributed by atoms with Crippen LogP contribution in [0, 0.1) is 5.82 Å². The highest BCUT2D eigenvalue weighted by Crippen LogP contribution is 2.12. The van der Waals surface area contributed by atoms with Crippen LogP contribution in [-0.4, -0.2) is 24.8 Å². The molecule has 0 radical (unpaired) electrons. The number of fused-ring (bicyclic) bond motifs is 1. The Morgan fingerprint density at radius 1 is 1.33 bits per heavy atom. The van der Waals surface area contributed by atoms with Crippen molar-refractivity contribution >= 4 is 11.0 Å². The topological polar surface area (TPSA) is 91.6 Å². The minimum absolute atomic E-state index is 0.184. The van der Waals surface area contributed by atoms with Crippen LogP contribution in [0.3, 0.4) is 0 Å². The third kappa shape index (κ3) is 2.29. The molecule has 0 unspecified atom stereocenters. The van der Waals surface area contributed by atoms with Crippen LogP contribution in [0.2, 0.25) is 0 Å². The number of aryl methyl sites for hydroxylation is 1. The van der Waals surface area contributed by atoms with E-state index in [1.807, 2.05) is 0 Å². The van der Waals surface area contributed by atoms with Crippen molar-refractivity contribution in [3.05, 3.63) is 51.7 Å². The maximum absolute atomic E-state index is 13.2. The van der Waals surface area contributed by atoms with Crippen molar-refractivity contribution in [2.45, 2.75) is 13.1 Å². The molecular weight excluding hydrogens is 275 g/mol. The van der Waals surface area contributed by atoms with Crippen molar-refractivity contribution in [2.24, 2.45) is 12.8 Å². The molecule has 2 heterocycles. The Balaban J connectivity index is 2.06. The van der Waals surface area contributed by atoms with Crippen molar-refractivity contribution in [1.29, 1.82) is 0 Å². The average Bonchev–Trinajstić information content (AvgIpc) is 2.86. The fourth-order valence-electron chi connectivity index (χ4n) is 2.18. The number of nitrogens with zero attached hydrogens (tertiary/aromatic N) is 5. The Kier molecular flexibility index (Phi) is 3.22. The third-order valence-electron chi connectivity index (χ3n) is 3.33. The van der Waals surface area contributed by atoms with Crippen LogP contribution in [0.1, 0.15) is 11.1 Å². The molecule has 0 spiro atoms. The minimum Gasteiger partial charge on any atom is -0.326 e. The van der Waals surface area contributed by atoms with E-state index < -0.39 is 0 Å². The van der Waals surface area contributed by atoms with Crippen LogP contribution >= 0.6 is 0 Å². The summed E-state index contributed by atoms with van der Waals surface area (Å²) in [5.41, 5.74) is 7.10. The number of hydrogen-bond donors (Lipinski definition) is 1. The lowest BCUT2D eigenvalue weighted by molar-refractivity contribution is 0.587. The molecule has 0 saturated heterocycles. The van der Waals surface area contributed by atoms with Gasteiger partial charge < -0.3 is 5.73 Å². The first kappa shape index (κ1) is 13.4. The summed E-state index contributed by atoms with van der Waals surface area (Å²) in [5.74, 6) is -0.361. The molecule has 21 heavy (non-hydrogen) atoms. The molecule has 0 aliphatic rings. The van der Waals surface area contributed by atoms with Crippen molar-refractivity contribution in [3.63, 3.8) is 0 Å². The SMILES string of the molecule is Cn1ncc2c(=O)n(Cc3ccc(F)cc3CN)nnc21. The second-order valence-electron chi connectivity index (χ2n) is 4.67. The van der Waals surface area contributed by atoms with Gasteiger partial charge in [0, 0.05) is 13.6 Å². The summed E-state index contributed by atoms with van der Waals surface area (Å²) >= 11 is 0. The monoisotopic (exact) mass is 288 g/mol. The molecule has 7 nitrogen and oxygen atoms in total. The maximum atomic E-state index is 13.2. The first-order chi connectivity index (χ1) is 10.1. The van der Waals surface area contributed by atoms with Crippen molar-refractivity contribution in [2.75, 3.05) is 0 Å². The summed E-state index contributed by atoms with van der Waals surface area (Å²) in [5, 5.41) is 12.2. The molecule has 2 N–H and O–H groups in total. The first-order valence-electron chi connectivity index (χ1n) is 6.33. The molecule has 0 bridgehead atoms. The smallest absolute Gasteiger partial charge is 0.281 e. The van der Waals surface area contributed by atoms with Crippen LogP contribution in [0.5, 0.6) is 0 Å². The predicted molar refractivity (Wildman–Crippen MR) is 74.0 cm³/mol. The van der Waals surface area contributed by atoms with Crippen molar-refractivity contribution in [1.82, 2.24) is 24.8 Å². The lowest BCUT2D eigenvalue weighted by Gasteiger charge is -2.08. The second-order valence-corrected chi connectivity index (χ2v) is 4.67.